The number of esters is 1. The van der Waals surface area contributed by atoms with Crippen LogP contribution in [-0.4, -0.2) is 23.7 Å². The van der Waals surface area contributed by atoms with Gasteiger partial charge in [0.1, 0.15) is 12.6 Å². The minimum absolute atomic E-state index is 0.190. The van der Waals surface area contributed by atoms with E-state index < -0.39 is 17.4 Å². The van der Waals surface area contributed by atoms with Gasteiger partial charge in [0, 0.05) is 11.2 Å². The van der Waals surface area contributed by atoms with Crippen molar-refractivity contribution >= 4 is 24.5 Å². The number of amides is 1. The Bertz CT molecular complexity index is 454. The Kier molecular flexibility index (Phi) is 6.07. The van der Waals surface area contributed by atoms with Gasteiger partial charge in [0.15, 0.2) is 0 Å². The number of thiol groups is 1. The summed E-state index contributed by atoms with van der Waals surface area (Å²) < 4.78 is 5.19. The van der Waals surface area contributed by atoms with Gasteiger partial charge in [-0.05, 0) is 5.56 Å². The molecule has 0 aliphatic rings. The van der Waals surface area contributed by atoms with Gasteiger partial charge in [0.2, 0.25) is 5.91 Å². The first-order valence-electron chi connectivity index (χ1n) is 6.47. The fraction of sp³-hybridized carbons (Fsp3) is 0.467. The largest absolute Gasteiger partial charge is 0.459 e. The molecule has 0 aliphatic heterocycles. The maximum atomic E-state index is 11.9. The van der Waals surface area contributed by atoms with Crippen LogP contribution in [0, 0.1) is 5.41 Å². The molecule has 0 aromatic heterocycles. The van der Waals surface area contributed by atoms with Crippen molar-refractivity contribution in [2.45, 2.75) is 33.4 Å². The van der Waals surface area contributed by atoms with E-state index in [4.69, 9.17) is 4.74 Å². The van der Waals surface area contributed by atoms with Crippen molar-refractivity contribution in [1.82, 2.24) is 5.32 Å². The molecule has 0 saturated carbocycles. The molecule has 0 saturated heterocycles. The molecule has 110 valence electrons. The predicted octanol–water partition coefficient (Wildman–Crippen LogP) is 2.19. The number of carbonyl (C=O) groups excluding carboxylic acids is 2. The molecule has 1 amide bonds. The number of rotatable bonds is 5. The molecule has 0 heterocycles. The highest BCUT2D eigenvalue weighted by atomic mass is 32.1. The molecule has 0 fully saturated rings. The van der Waals surface area contributed by atoms with Crippen LogP contribution >= 0.6 is 12.6 Å². The molecule has 1 aromatic carbocycles. The Morgan fingerprint density at radius 1 is 1.25 bits per heavy atom. The molecule has 1 N–H and O–H groups in total. The Balaban J connectivity index is 2.53. The fourth-order valence-electron chi connectivity index (χ4n) is 1.38. The molecule has 0 radical (unpaired) electrons. The van der Waals surface area contributed by atoms with E-state index in [2.05, 4.69) is 17.9 Å². The monoisotopic (exact) mass is 295 g/mol. The van der Waals surface area contributed by atoms with Crippen molar-refractivity contribution < 1.29 is 14.3 Å². The second-order valence-corrected chi connectivity index (χ2v) is 5.92. The average Bonchev–Trinajstić information content (AvgIpc) is 2.41. The van der Waals surface area contributed by atoms with Crippen LogP contribution < -0.4 is 5.32 Å². The zero-order chi connectivity index (χ0) is 15.2. The molecule has 20 heavy (non-hydrogen) atoms. The second kappa shape index (κ2) is 7.33. The van der Waals surface area contributed by atoms with Gasteiger partial charge in [-0.1, -0.05) is 51.1 Å². The maximum absolute atomic E-state index is 11.9. The van der Waals surface area contributed by atoms with Crippen LogP contribution in [0.5, 0.6) is 0 Å². The predicted molar refractivity (Wildman–Crippen MR) is 81.5 cm³/mol. The lowest BCUT2D eigenvalue weighted by molar-refractivity contribution is -0.149. The van der Waals surface area contributed by atoms with Gasteiger partial charge in [-0.3, -0.25) is 4.79 Å². The molecule has 0 spiro atoms. The van der Waals surface area contributed by atoms with Gasteiger partial charge < -0.3 is 10.1 Å². The Morgan fingerprint density at radius 3 is 2.35 bits per heavy atom. The average molecular weight is 295 g/mol. The van der Waals surface area contributed by atoms with Crippen molar-refractivity contribution in [3.63, 3.8) is 0 Å². The second-order valence-electron chi connectivity index (χ2n) is 5.55. The first-order valence-corrected chi connectivity index (χ1v) is 7.10. The maximum Gasteiger partial charge on any atom is 0.329 e. The van der Waals surface area contributed by atoms with Crippen LogP contribution in [0.1, 0.15) is 26.3 Å². The molecule has 0 bridgehead atoms. The number of ether oxygens (including phenoxy) is 1. The minimum atomic E-state index is -0.728. The van der Waals surface area contributed by atoms with Gasteiger partial charge in [-0.2, -0.15) is 12.6 Å². The van der Waals surface area contributed by atoms with Crippen molar-refractivity contribution in [3.8, 4) is 0 Å². The van der Waals surface area contributed by atoms with E-state index >= 15 is 0 Å². The SMILES string of the molecule is CC(C)(C)C(=O)N[C@@H](CS)C(=O)OCc1ccccc1. The third kappa shape index (κ3) is 5.25. The first-order chi connectivity index (χ1) is 9.34. The Hall–Kier alpha value is -1.49. The van der Waals surface area contributed by atoms with Gasteiger partial charge in [-0.25, -0.2) is 4.79 Å². The van der Waals surface area contributed by atoms with Crippen molar-refractivity contribution in [2.75, 3.05) is 5.75 Å². The zero-order valence-electron chi connectivity index (χ0n) is 12.1. The van der Waals surface area contributed by atoms with E-state index in [-0.39, 0.29) is 18.3 Å². The van der Waals surface area contributed by atoms with Crippen LogP contribution in [0.15, 0.2) is 30.3 Å². The molecule has 1 aromatic rings. The number of hydrogen-bond donors (Lipinski definition) is 2. The lowest BCUT2D eigenvalue weighted by atomic mass is 9.95. The third-order valence-corrected chi connectivity index (χ3v) is 3.04. The van der Waals surface area contributed by atoms with E-state index in [1.807, 2.05) is 30.3 Å². The number of nitrogens with one attached hydrogen (secondary N) is 1. The van der Waals surface area contributed by atoms with E-state index in [9.17, 15) is 9.59 Å². The van der Waals surface area contributed by atoms with E-state index in [1.54, 1.807) is 20.8 Å². The molecular weight excluding hydrogens is 274 g/mol. The molecule has 1 atom stereocenters. The standard InChI is InChI=1S/C15H21NO3S/c1-15(2,3)14(18)16-12(10-20)13(17)19-9-11-7-5-4-6-8-11/h4-8,12,20H,9-10H2,1-3H3,(H,16,18)/t12-/m0/s1. The number of carbonyl (C=O) groups is 2. The molecule has 0 aliphatic carbocycles. The summed E-state index contributed by atoms with van der Waals surface area (Å²) >= 11 is 4.09. The summed E-state index contributed by atoms with van der Waals surface area (Å²) in [5.74, 6) is -0.468. The summed E-state index contributed by atoms with van der Waals surface area (Å²) in [6.07, 6.45) is 0. The molecule has 1 rings (SSSR count). The van der Waals surface area contributed by atoms with Crippen LogP contribution in [0.2, 0.25) is 0 Å². The summed E-state index contributed by atoms with van der Waals surface area (Å²) in [6.45, 7) is 5.54. The van der Waals surface area contributed by atoms with E-state index in [1.165, 1.54) is 0 Å². The lowest BCUT2D eigenvalue weighted by Gasteiger charge is -2.22. The van der Waals surface area contributed by atoms with Gasteiger partial charge >= 0.3 is 5.97 Å². The summed E-state index contributed by atoms with van der Waals surface area (Å²) in [6, 6.07) is 8.66. The first kappa shape index (κ1) is 16.6. The van der Waals surface area contributed by atoms with Crippen LogP contribution in [0.4, 0.5) is 0 Å². The smallest absolute Gasteiger partial charge is 0.329 e. The summed E-state index contributed by atoms with van der Waals surface area (Å²) in [5.41, 5.74) is 0.349. The minimum Gasteiger partial charge on any atom is -0.459 e. The van der Waals surface area contributed by atoms with Crippen LogP contribution in [-0.2, 0) is 20.9 Å². The van der Waals surface area contributed by atoms with E-state index in [0.717, 1.165) is 5.56 Å². The zero-order valence-corrected chi connectivity index (χ0v) is 12.9. The number of benzene rings is 1. The molecule has 4 nitrogen and oxygen atoms in total. The van der Waals surface area contributed by atoms with E-state index in [0.29, 0.717) is 0 Å². The highest BCUT2D eigenvalue weighted by Crippen LogP contribution is 2.13. The quantitative estimate of drug-likeness (QED) is 0.647. The lowest BCUT2D eigenvalue weighted by Crippen LogP contribution is -2.47. The normalized spacial score (nSPS) is 12.6. The highest BCUT2D eigenvalue weighted by Gasteiger charge is 2.27. The molecule has 0 unspecified atom stereocenters. The highest BCUT2D eigenvalue weighted by molar-refractivity contribution is 7.80. The third-order valence-electron chi connectivity index (χ3n) is 2.68. The molecule has 5 heteroatoms. The van der Waals surface area contributed by atoms with Crippen LogP contribution in [0.3, 0.4) is 0 Å². The van der Waals surface area contributed by atoms with Crippen molar-refractivity contribution in [2.24, 2.45) is 5.41 Å². The van der Waals surface area contributed by atoms with Crippen LogP contribution in [0.25, 0.3) is 0 Å². The van der Waals surface area contributed by atoms with Crippen molar-refractivity contribution in [3.05, 3.63) is 35.9 Å². The fourth-order valence-corrected chi connectivity index (χ4v) is 1.62. The molecular formula is C15H21NO3S. The Morgan fingerprint density at radius 2 is 1.85 bits per heavy atom. The summed E-state index contributed by atoms with van der Waals surface area (Å²) in [4.78, 5) is 23.8. The summed E-state index contributed by atoms with van der Waals surface area (Å²) in [5, 5.41) is 2.65. The van der Waals surface area contributed by atoms with Crippen molar-refractivity contribution in [1.29, 1.82) is 0 Å². The summed E-state index contributed by atoms with van der Waals surface area (Å²) in [7, 11) is 0. The number of hydrogen-bond acceptors (Lipinski definition) is 4. The Labute approximate surface area is 125 Å². The van der Waals surface area contributed by atoms with Gasteiger partial charge in [0.05, 0.1) is 0 Å². The van der Waals surface area contributed by atoms with Gasteiger partial charge in [0.25, 0.3) is 0 Å². The van der Waals surface area contributed by atoms with Gasteiger partial charge in [-0.15, -0.1) is 0 Å². The topological polar surface area (TPSA) is 55.4 Å².